The first-order valence-electron chi connectivity index (χ1n) is 9.87. The fraction of sp³-hybridized carbons (Fsp3) is 0.409. The minimum absolute atomic E-state index is 0.0824. The van der Waals surface area contributed by atoms with Gasteiger partial charge in [-0.15, -0.1) is 0 Å². The van der Waals surface area contributed by atoms with Gasteiger partial charge < -0.3 is 9.84 Å². The molecule has 0 aliphatic carbocycles. The molecule has 1 saturated heterocycles. The van der Waals surface area contributed by atoms with E-state index in [0.29, 0.717) is 29.5 Å². The molecule has 1 N–H and O–H groups in total. The van der Waals surface area contributed by atoms with Crippen molar-refractivity contribution in [3.05, 3.63) is 64.7 Å². The third-order valence-electron chi connectivity index (χ3n) is 5.17. The van der Waals surface area contributed by atoms with Crippen molar-refractivity contribution in [2.24, 2.45) is 0 Å². The molecular formula is C22H20F7NO3. The van der Waals surface area contributed by atoms with Crippen LogP contribution in [0, 0.1) is 0 Å². The number of aliphatic carboxylic acids is 1. The van der Waals surface area contributed by atoms with E-state index in [1.807, 2.05) is 0 Å². The van der Waals surface area contributed by atoms with Crippen LogP contribution in [-0.4, -0.2) is 41.3 Å². The molecule has 0 amide bonds. The maximum Gasteiger partial charge on any atom is 0.416 e. The third-order valence-corrected chi connectivity index (χ3v) is 5.17. The van der Waals surface area contributed by atoms with Gasteiger partial charge in [0, 0.05) is 26.1 Å². The van der Waals surface area contributed by atoms with Crippen molar-refractivity contribution in [1.82, 2.24) is 4.90 Å². The number of benzene rings is 2. The Kier molecular flexibility index (Phi) is 6.92. The second kappa shape index (κ2) is 9.20. The Morgan fingerprint density at radius 1 is 1.03 bits per heavy atom. The topological polar surface area (TPSA) is 49.8 Å². The molecule has 0 aromatic heterocycles. The Hall–Kier alpha value is -2.82. The van der Waals surface area contributed by atoms with Crippen LogP contribution in [0.3, 0.4) is 0 Å². The summed E-state index contributed by atoms with van der Waals surface area (Å²) in [5.74, 6) is -0.654. The first-order chi connectivity index (χ1) is 15.2. The Morgan fingerprint density at radius 2 is 1.73 bits per heavy atom. The van der Waals surface area contributed by atoms with E-state index in [1.165, 1.54) is 4.90 Å². The number of rotatable bonds is 8. The molecule has 33 heavy (non-hydrogen) atoms. The molecule has 0 saturated carbocycles. The van der Waals surface area contributed by atoms with Gasteiger partial charge in [-0.2, -0.15) is 26.3 Å². The molecule has 1 heterocycles. The van der Waals surface area contributed by atoms with Gasteiger partial charge in [-0.25, -0.2) is 4.39 Å². The van der Waals surface area contributed by atoms with Crippen molar-refractivity contribution in [2.75, 3.05) is 19.7 Å². The Balaban J connectivity index is 1.61. The van der Waals surface area contributed by atoms with Gasteiger partial charge in [0.25, 0.3) is 0 Å². The van der Waals surface area contributed by atoms with E-state index >= 15 is 0 Å². The van der Waals surface area contributed by atoms with Crippen molar-refractivity contribution in [2.45, 2.75) is 37.4 Å². The van der Waals surface area contributed by atoms with Crippen molar-refractivity contribution < 1.29 is 45.4 Å². The predicted molar refractivity (Wildman–Crippen MR) is 103 cm³/mol. The van der Waals surface area contributed by atoms with Crippen LogP contribution in [0.4, 0.5) is 30.7 Å². The Labute approximate surface area is 184 Å². The zero-order valence-corrected chi connectivity index (χ0v) is 17.1. The normalized spacial score (nSPS) is 16.3. The molecule has 0 unspecified atom stereocenters. The predicted octanol–water partition coefficient (Wildman–Crippen LogP) is 5.34. The Bertz CT molecular complexity index is 998. The zero-order chi connectivity index (χ0) is 24.4. The van der Waals surface area contributed by atoms with E-state index in [9.17, 15) is 35.5 Å². The number of carboxylic acid groups (broad SMARTS) is 1. The number of aryl methyl sites for hydroxylation is 1. The summed E-state index contributed by atoms with van der Waals surface area (Å²) in [5, 5.41) is 8.74. The highest BCUT2D eigenvalue weighted by Gasteiger charge is 2.45. The van der Waals surface area contributed by atoms with Gasteiger partial charge in [0.15, 0.2) is 5.67 Å². The number of hydrogen-bond donors (Lipinski definition) is 1. The number of carboxylic acids is 1. The summed E-state index contributed by atoms with van der Waals surface area (Å²) in [6, 6.07) is 7.65. The largest absolute Gasteiger partial charge is 0.490 e. The molecular weight excluding hydrogens is 459 g/mol. The van der Waals surface area contributed by atoms with Gasteiger partial charge >= 0.3 is 18.3 Å². The molecule has 0 bridgehead atoms. The zero-order valence-electron chi connectivity index (χ0n) is 17.1. The minimum Gasteiger partial charge on any atom is -0.490 e. The lowest BCUT2D eigenvalue weighted by Gasteiger charge is -2.44. The third kappa shape index (κ3) is 6.59. The summed E-state index contributed by atoms with van der Waals surface area (Å²) in [5.41, 5.74) is -4.17. The summed E-state index contributed by atoms with van der Waals surface area (Å²) in [4.78, 5) is 11.9. The van der Waals surface area contributed by atoms with Gasteiger partial charge in [0.05, 0.1) is 11.1 Å². The van der Waals surface area contributed by atoms with Crippen molar-refractivity contribution >= 4 is 5.97 Å². The van der Waals surface area contributed by atoms with Crippen LogP contribution in [-0.2, 0) is 30.1 Å². The van der Waals surface area contributed by atoms with Crippen LogP contribution in [0.2, 0.25) is 0 Å². The van der Waals surface area contributed by atoms with Crippen LogP contribution in [0.5, 0.6) is 5.75 Å². The average molecular weight is 479 g/mol. The molecule has 1 fully saturated rings. The quantitative estimate of drug-likeness (QED) is 0.519. The lowest BCUT2D eigenvalue weighted by atomic mass is 9.94. The molecule has 180 valence electrons. The highest BCUT2D eigenvalue weighted by Crippen LogP contribution is 2.38. The van der Waals surface area contributed by atoms with Gasteiger partial charge in [-0.1, -0.05) is 12.1 Å². The monoisotopic (exact) mass is 479 g/mol. The van der Waals surface area contributed by atoms with Gasteiger partial charge in [-0.05, 0) is 47.9 Å². The van der Waals surface area contributed by atoms with Crippen LogP contribution in [0.25, 0.3) is 0 Å². The molecule has 1 aliphatic heterocycles. The van der Waals surface area contributed by atoms with E-state index in [4.69, 9.17) is 9.84 Å². The molecule has 11 heteroatoms. The maximum absolute atomic E-state index is 14.9. The number of carbonyl (C=O) groups is 1. The fourth-order valence-corrected chi connectivity index (χ4v) is 3.63. The van der Waals surface area contributed by atoms with E-state index in [1.54, 1.807) is 24.3 Å². The molecule has 0 atom stereocenters. The highest BCUT2D eigenvalue weighted by atomic mass is 19.4. The van der Waals surface area contributed by atoms with Crippen LogP contribution in [0.1, 0.15) is 28.7 Å². The number of halogens is 7. The summed E-state index contributed by atoms with van der Waals surface area (Å²) in [6.45, 7) is -1.51. The number of ether oxygens (including phenoxy) is 1. The van der Waals surface area contributed by atoms with Gasteiger partial charge in [-0.3, -0.25) is 9.69 Å². The van der Waals surface area contributed by atoms with E-state index in [-0.39, 0.29) is 25.9 Å². The number of hydrogen-bond acceptors (Lipinski definition) is 3. The highest BCUT2D eigenvalue weighted by molar-refractivity contribution is 5.67. The van der Waals surface area contributed by atoms with Gasteiger partial charge in [0.2, 0.25) is 0 Å². The SMILES string of the molecule is O=C(O)CCc1cccc(OCC2(F)CN(Cc3cc(C(F)(F)F)ccc3C(F)(F)F)C2)c1. The van der Waals surface area contributed by atoms with E-state index in [0.717, 1.165) is 0 Å². The molecule has 4 nitrogen and oxygen atoms in total. The molecule has 2 aromatic rings. The second-order valence-electron chi connectivity index (χ2n) is 7.99. The number of nitrogens with zero attached hydrogens (tertiary/aromatic N) is 1. The molecule has 0 radical (unpaired) electrons. The lowest BCUT2D eigenvalue weighted by molar-refractivity contribution is -0.142. The van der Waals surface area contributed by atoms with Crippen molar-refractivity contribution in [3.8, 4) is 5.75 Å². The van der Waals surface area contributed by atoms with Crippen LogP contribution < -0.4 is 4.74 Å². The van der Waals surface area contributed by atoms with Crippen molar-refractivity contribution in [3.63, 3.8) is 0 Å². The maximum atomic E-state index is 14.9. The standard InChI is InChI=1S/C22H20F7NO3/c23-20(13-33-17-3-1-2-14(8-17)4-7-19(31)32)11-30(12-20)10-15-9-16(21(24,25)26)5-6-18(15)22(27,28)29/h1-3,5-6,8-9H,4,7,10-13H2,(H,31,32). The van der Waals surface area contributed by atoms with Gasteiger partial charge in [0.1, 0.15) is 12.4 Å². The first-order valence-corrected chi connectivity index (χ1v) is 9.87. The summed E-state index contributed by atoms with van der Waals surface area (Å²) < 4.78 is 98.7. The number of likely N-dealkylation sites (tertiary alicyclic amines) is 1. The summed E-state index contributed by atoms with van der Waals surface area (Å²) in [6.07, 6.45) is -9.46. The van der Waals surface area contributed by atoms with Crippen LogP contribution in [0.15, 0.2) is 42.5 Å². The lowest BCUT2D eigenvalue weighted by Crippen LogP contribution is -2.61. The van der Waals surface area contributed by atoms with Crippen molar-refractivity contribution in [1.29, 1.82) is 0 Å². The molecule has 3 rings (SSSR count). The van der Waals surface area contributed by atoms with E-state index in [2.05, 4.69) is 0 Å². The molecule has 1 aliphatic rings. The smallest absolute Gasteiger partial charge is 0.416 e. The summed E-state index contributed by atoms with van der Waals surface area (Å²) in [7, 11) is 0. The second-order valence-corrected chi connectivity index (χ2v) is 7.99. The first kappa shape index (κ1) is 24.8. The van der Waals surface area contributed by atoms with Crippen LogP contribution >= 0.6 is 0 Å². The fourth-order valence-electron chi connectivity index (χ4n) is 3.63. The summed E-state index contributed by atoms with van der Waals surface area (Å²) >= 11 is 0. The molecule has 0 spiro atoms. The Morgan fingerprint density at radius 3 is 2.33 bits per heavy atom. The van der Waals surface area contributed by atoms with E-state index < -0.39 is 53.8 Å². The minimum atomic E-state index is -4.84. The average Bonchev–Trinajstić information content (AvgIpc) is 2.68. The number of alkyl halides is 7. The molecule has 2 aromatic carbocycles.